The van der Waals surface area contributed by atoms with Gasteiger partial charge in [-0.2, -0.15) is 0 Å². The monoisotopic (exact) mass is 275 g/mol. The summed E-state index contributed by atoms with van der Waals surface area (Å²) < 4.78 is 11.3. The summed E-state index contributed by atoms with van der Waals surface area (Å²) in [6.45, 7) is 0. The summed E-state index contributed by atoms with van der Waals surface area (Å²) in [6.07, 6.45) is 3.78. The highest BCUT2D eigenvalue weighted by Crippen LogP contribution is 2.26. The Morgan fingerprint density at radius 2 is 1.19 bits per heavy atom. The maximum atomic E-state index is 5.63. The third kappa shape index (κ3) is 2.12. The van der Waals surface area contributed by atoms with E-state index in [1.165, 1.54) is 7.69 Å². The minimum absolute atomic E-state index is 0.759. The zero-order valence-corrected chi connectivity index (χ0v) is 11.2. The zero-order valence-electron chi connectivity index (χ0n) is 11.2. The summed E-state index contributed by atoms with van der Waals surface area (Å²) in [4.78, 5) is 6.30. The molecule has 5 heteroatoms. The zero-order chi connectivity index (χ0) is 14.1. The molecule has 0 amide bonds. The molecule has 0 aliphatic rings. The Kier molecular flexibility index (Phi) is 2.82. The molecular weight excluding hydrogens is 263 g/mol. The molecule has 2 N–H and O–H groups in total. The van der Waals surface area contributed by atoms with E-state index < -0.39 is 0 Å². The number of benzene rings is 2. The van der Waals surface area contributed by atoms with Gasteiger partial charge in [-0.15, -0.1) is 0 Å². The Morgan fingerprint density at radius 3 is 1.71 bits per heavy atom. The van der Waals surface area contributed by atoms with E-state index in [4.69, 9.17) is 9.31 Å². The van der Waals surface area contributed by atoms with E-state index in [0.29, 0.717) is 0 Å². The van der Waals surface area contributed by atoms with Gasteiger partial charge in [0.1, 0.15) is 11.5 Å². The second kappa shape index (κ2) is 4.94. The van der Waals surface area contributed by atoms with Crippen LogP contribution in [0.5, 0.6) is 11.5 Å². The van der Waals surface area contributed by atoms with E-state index in [2.05, 4.69) is 9.97 Å². The standard InChI is InChI=1S/C16H12BN2O2/c1-3-13-11(7-9-18-13)15(5-1)20-17-21-16-6-2-4-14-12(16)8-10-19-14/h1-10,18-19H. The Labute approximate surface area is 122 Å². The molecule has 101 valence electrons. The molecule has 2 aromatic heterocycles. The SMILES string of the molecule is [B](Oc1cccc2[nH]ccc12)Oc1cccc2[nH]ccc12. The van der Waals surface area contributed by atoms with Crippen LogP contribution in [0.25, 0.3) is 21.8 Å². The van der Waals surface area contributed by atoms with Crippen LogP contribution in [-0.2, 0) is 0 Å². The number of fused-ring (bicyclic) bond motifs is 2. The number of hydrogen-bond acceptors (Lipinski definition) is 2. The lowest BCUT2D eigenvalue weighted by molar-refractivity contribution is 0.465. The summed E-state index contributed by atoms with van der Waals surface area (Å²) >= 11 is 0. The average Bonchev–Trinajstić information content (AvgIpc) is 3.16. The normalized spacial score (nSPS) is 10.9. The van der Waals surface area contributed by atoms with Crippen LogP contribution in [0.2, 0.25) is 0 Å². The fraction of sp³-hybridized carbons (Fsp3) is 0. The topological polar surface area (TPSA) is 50.0 Å². The Balaban J connectivity index is 1.53. The molecule has 4 nitrogen and oxygen atoms in total. The predicted octanol–water partition coefficient (Wildman–Crippen LogP) is 3.64. The Hall–Kier alpha value is -2.82. The first-order chi connectivity index (χ1) is 10.4. The minimum Gasteiger partial charge on any atom is -0.526 e. The first-order valence-electron chi connectivity index (χ1n) is 6.69. The number of hydrogen-bond donors (Lipinski definition) is 2. The summed E-state index contributed by atoms with van der Waals surface area (Å²) in [5.74, 6) is 1.52. The minimum atomic E-state index is 0.759. The first-order valence-corrected chi connectivity index (χ1v) is 6.69. The molecule has 0 aliphatic heterocycles. The molecular formula is C16H12BN2O2. The Bertz CT molecular complexity index is 823. The highest BCUT2D eigenvalue weighted by Gasteiger charge is 2.08. The molecule has 0 spiro atoms. The van der Waals surface area contributed by atoms with Crippen LogP contribution in [0.15, 0.2) is 60.9 Å². The highest BCUT2D eigenvalue weighted by atomic mass is 16.6. The predicted molar refractivity (Wildman–Crippen MR) is 83.6 cm³/mol. The molecule has 2 heterocycles. The van der Waals surface area contributed by atoms with Crippen molar-refractivity contribution in [1.82, 2.24) is 9.97 Å². The summed E-state index contributed by atoms with van der Waals surface area (Å²) in [7, 11) is 1.36. The maximum Gasteiger partial charge on any atom is 0.658 e. The van der Waals surface area contributed by atoms with Crippen LogP contribution in [-0.4, -0.2) is 17.7 Å². The maximum absolute atomic E-state index is 5.63. The average molecular weight is 275 g/mol. The van der Waals surface area contributed by atoms with Crippen LogP contribution in [0, 0.1) is 0 Å². The van der Waals surface area contributed by atoms with Crippen molar-refractivity contribution < 1.29 is 9.31 Å². The van der Waals surface area contributed by atoms with Crippen LogP contribution in [0.3, 0.4) is 0 Å². The van der Waals surface area contributed by atoms with Crippen molar-refractivity contribution >= 4 is 29.5 Å². The molecule has 0 fully saturated rings. The van der Waals surface area contributed by atoms with Gasteiger partial charge < -0.3 is 19.3 Å². The van der Waals surface area contributed by atoms with Gasteiger partial charge in [0.2, 0.25) is 0 Å². The van der Waals surface area contributed by atoms with Gasteiger partial charge in [-0.1, -0.05) is 12.1 Å². The molecule has 0 atom stereocenters. The number of nitrogens with one attached hydrogen (secondary N) is 2. The van der Waals surface area contributed by atoms with Gasteiger partial charge in [0.25, 0.3) is 0 Å². The van der Waals surface area contributed by atoms with Crippen molar-refractivity contribution in [2.45, 2.75) is 0 Å². The molecule has 0 aliphatic carbocycles. The summed E-state index contributed by atoms with van der Waals surface area (Å²) in [5, 5.41) is 2.05. The molecule has 4 rings (SSSR count). The van der Waals surface area contributed by atoms with Crippen molar-refractivity contribution in [2.75, 3.05) is 0 Å². The first kappa shape index (κ1) is 12.0. The van der Waals surface area contributed by atoms with Gasteiger partial charge in [-0.3, -0.25) is 0 Å². The summed E-state index contributed by atoms with van der Waals surface area (Å²) in [5.41, 5.74) is 2.07. The van der Waals surface area contributed by atoms with E-state index in [-0.39, 0.29) is 0 Å². The fourth-order valence-electron chi connectivity index (χ4n) is 2.45. The third-order valence-corrected chi connectivity index (χ3v) is 3.46. The summed E-state index contributed by atoms with van der Waals surface area (Å²) in [6, 6.07) is 15.7. The highest BCUT2D eigenvalue weighted by molar-refractivity contribution is 6.22. The van der Waals surface area contributed by atoms with Crippen molar-refractivity contribution in [1.29, 1.82) is 0 Å². The second-order valence-electron chi connectivity index (χ2n) is 4.72. The molecule has 0 bridgehead atoms. The lowest BCUT2D eigenvalue weighted by Crippen LogP contribution is -2.11. The van der Waals surface area contributed by atoms with Crippen LogP contribution in [0.1, 0.15) is 0 Å². The van der Waals surface area contributed by atoms with E-state index in [1.54, 1.807) is 0 Å². The van der Waals surface area contributed by atoms with Crippen LogP contribution < -0.4 is 9.31 Å². The quantitative estimate of drug-likeness (QED) is 0.558. The molecule has 21 heavy (non-hydrogen) atoms. The number of H-pyrrole nitrogens is 2. The van der Waals surface area contributed by atoms with E-state index in [0.717, 1.165) is 33.3 Å². The van der Waals surface area contributed by atoms with Crippen molar-refractivity contribution in [3.05, 3.63) is 60.9 Å². The van der Waals surface area contributed by atoms with Gasteiger partial charge in [-0.05, 0) is 36.4 Å². The van der Waals surface area contributed by atoms with Crippen molar-refractivity contribution in [2.24, 2.45) is 0 Å². The molecule has 1 radical (unpaired) electrons. The van der Waals surface area contributed by atoms with E-state index in [9.17, 15) is 0 Å². The van der Waals surface area contributed by atoms with E-state index in [1.807, 2.05) is 60.9 Å². The molecule has 0 saturated carbocycles. The van der Waals surface area contributed by atoms with Crippen LogP contribution in [0.4, 0.5) is 0 Å². The van der Waals surface area contributed by atoms with Gasteiger partial charge in [0.05, 0.1) is 0 Å². The van der Waals surface area contributed by atoms with Gasteiger partial charge in [0.15, 0.2) is 0 Å². The fourth-order valence-corrected chi connectivity index (χ4v) is 2.45. The van der Waals surface area contributed by atoms with Crippen molar-refractivity contribution in [3.63, 3.8) is 0 Å². The van der Waals surface area contributed by atoms with Gasteiger partial charge >= 0.3 is 7.69 Å². The molecule has 0 saturated heterocycles. The number of rotatable bonds is 4. The lowest BCUT2D eigenvalue weighted by atomic mass is 10.2. The third-order valence-electron chi connectivity index (χ3n) is 3.46. The molecule has 2 aromatic carbocycles. The Morgan fingerprint density at radius 1 is 0.667 bits per heavy atom. The van der Waals surface area contributed by atoms with Gasteiger partial charge in [0, 0.05) is 34.2 Å². The second-order valence-corrected chi connectivity index (χ2v) is 4.72. The largest absolute Gasteiger partial charge is 0.658 e. The number of aromatic amines is 2. The van der Waals surface area contributed by atoms with E-state index >= 15 is 0 Å². The van der Waals surface area contributed by atoms with Crippen LogP contribution >= 0.6 is 0 Å². The van der Waals surface area contributed by atoms with Crippen molar-refractivity contribution in [3.8, 4) is 11.5 Å². The van der Waals surface area contributed by atoms with Gasteiger partial charge in [-0.25, -0.2) is 0 Å². The lowest BCUT2D eigenvalue weighted by Gasteiger charge is -2.08. The molecule has 0 unspecified atom stereocenters. The number of aromatic nitrogens is 2. The molecule has 4 aromatic rings. The smallest absolute Gasteiger partial charge is 0.526 e.